The Morgan fingerprint density at radius 3 is 2.31 bits per heavy atom. The van der Waals surface area contributed by atoms with Gasteiger partial charge >= 0.3 is 0 Å². The molecule has 2 amide bonds. The van der Waals surface area contributed by atoms with Gasteiger partial charge in [-0.15, -0.1) is 0 Å². The molecule has 1 N–H and O–H groups in total. The number of nitrogens with one attached hydrogen (secondary N) is 1. The van der Waals surface area contributed by atoms with Crippen molar-refractivity contribution >= 4 is 11.8 Å². The molecule has 0 aromatic heterocycles. The van der Waals surface area contributed by atoms with E-state index in [9.17, 15) is 9.59 Å². The fourth-order valence-electron chi connectivity index (χ4n) is 2.97. The lowest BCUT2D eigenvalue weighted by Crippen LogP contribution is -2.48. The molecule has 0 fully saturated rings. The molecular weight excluding hydrogens is 324 g/mol. The number of carbonyl (C=O) groups excluding carboxylic acids is 2. The first kappa shape index (κ1) is 19.7. The highest BCUT2D eigenvalue weighted by Crippen LogP contribution is 2.13. The smallest absolute Gasteiger partial charge is 0.242 e. The van der Waals surface area contributed by atoms with Crippen LogP contribution in [0.5, 0.6) is 0 Å². The van der Waals surface area contributed by atoms with Crippen molar-refractivity contribution in [2.45, 2.75) is 39.7 Å². The van der Waals surface area contributed by atoms with E-state index in [1.165, 1.54) is 11.1 Å². The second-order valence-electron chi connectivity index (χ2n) is 6.71. The Kier molecular flexibility index (Phi) is 6.96. The molecule has 0 bridgehead atoms. The van der Waals surface area contributed by atoms with Gasteiger partial charge < -0.3 is 10.2 Å². The van der Waals surface area contributed by atoms with Crippen LogP contribution in [0.2, 0.25) is 0 Å². The number of likely N-dealkylation sites (N-methyl/N-ethyl adjacent to an activating group) is 1. The zero-order valence-electron chi connectivity index (χ0n) is 16.1. The molecule has 4 nitrogen and oxygen atoms in total. The number of amides is 2. The highest BCUT2D eigenvalue weighted by Gasteiger charge is 2.25. The van der Waals surface area contributed by atoms with Gasteiger partial charge in [0, 0.05) is 13.6 Å². The molecule has 0 saturated carbocycles. The lowest BCUT2D eigenvalue weighted by atomic mass is 10.0. The normalized spacial score (nSPS) is 11.7. The van der Waals surface area contributed by atoms with Crippen molar-refractivity contribution < 1.29 is 9.59 Å². The molecule has 0 saturated heterocycles. The summed E-state index contributed by atoms with van der Waals surface area (Å²) in [5.41, 5.74) is 4.51. The molecule has 0 heterocycles. The SMILES string of the molecule is CNC(=O)[C@H](C)N(CCc1ccccc1)C(=O)Cc1ccc(C)c(C)c1. The minimum absolute atomic E-state index is 0.0275. The Labute approximate surface area is 156 Å². The van der Waals surface area contributed by atoms with E-state index in [0.717, 1.165) is 17.5 Å². The van der Waals surface area contributed by atoms with Crippen LogP contribution in [0.1, 0.15) is 29.2 Å². The fourth-order valence-corrected chi connectivity index (χ4v) is 2.97. The molecule has 2 rings (SSSR count). The molecule has 0 aliphatic rings. The number of hydrogen-bond donors (Lipinski definition) is 1. The molecule has 4 heteroatoms. The molecule has 2 aromatic rings. The molecule has 1 atom stereocenters. The Morgan fingerprint density at radius 1 is 1.00 bits per heavy atom. The van der Waals surface area contributed by atoms with Crippen molar-refractivity contribution in [3.05, 3.63) is 70.8 Å². The molecule has 0 radical (unpaired) electrons. The number of aryl methyl sites for hydroxylation is 2. The first-order chi connectivity index (χ1) is 12.4. The number of benzene rings is 2. The summed E-state index contributed by atoms with van der Waals surface area (Å²) in [6.07, 6.45) is 1.03. The summed E-state index contributed by atoms with van der Waals surface area (Å²) in [4.78, 5) is 26.7. The molecule has 0 aliphatic heterocycles. The summed E-state index contributed by atoms with van der Waals surface area (Å²) in [6.45, 7) is 6.40. The van der Waals surface area contributed by atoms with Crippen molar-refractivity contribution in [3.63, 3.8) is 0 Å². The van der Waals surface area contributed by atoms with E-state index in [1.54, 1.807) is 18.9 Å². The quantitative estimate of drug-likeness (QED) is 0.833. The molecule has 0 aliphatic carbocycles. The summed E-state index contributed by atoms with van der Waals surface area (Å²) in [5.74, 6) is -0.174. The molecule has 26 heavy (non-hydrogen) atoms. The minimum Gasteiger partial charge on any atom is -0.357 e. The maximum Gasteiger partial charge on any atom is 0.242 e. The summed E-state index contributed by atoms with van der Waals surface area (Å²) >= 11 is 0. The van der Waals surface area contributed by atoms with Gasteiger partial charge in [-0.05, 0) is 49.4 Å². The van der Waals surface area contributed by atoms with Crippen LogP contribution < -0.4 is 5.32 Å². The zero-order chi connectivity index (χ0) is 19.1. The van der Waals surface area contributed by atoms with Gasteiger partial charge in [0.15, 0.2) is 0 Å². The van der Waals surface area contributed by atoms with E-state index in [1.807, 2.05) is 55.5 Å². The van der Waals surface area contributed by atoms with E-state index in [0.29, 0.717) is 13.0 Å². The summed E-state index contributed by atoms with van der Waals surface area (Å²) in [5, 5.41) is 2.65. The van der Waals surface area contributed by atoms with E-state index in [2.05, 4.69) is 12.2 Å². The molecular formula is C22H28N2O2. The third-order valence-corrected chi connectivity index (χ3v) is 4.82. The van der Waals surface area contributed by atoms with Gasteiger partial charge in [0.1, 0.15) is 6.04 Å². The van der Waals surface area contributed by atoms with Crippen LogP contribution in [0.25, 0.3) is 0 Å². The molecule has 138 valence electrons. The number of carbonyl (C=O) groups is 2. The average Bonchev–Trinajstić information content (AvgIpc) is 2.65. The predicted octanol–water partition coefficient (Wildman–Crippen LogP) is 3.05. The van der Waals surface area contributed by atoms with Crippen molar-refractivity contribution in [1.29, 1.82) is 0 Å². The third-order valence-electron chi connectivity index (χ3n) is 4.82. The van der Waals surface area contributed by atoms with E-state index in [-0.39, 0.29) is 11.8 Å². The fraction of sp³-hybridized carbons (Fsp3) is 0.364. The van der Waals surface area contributed by atoms with Crippen LogP contribution in [0, 0.1) is 13.8 Å². The standard InChI is InChI=1S/C22H28N2O2/c1-16-10-11-20(14-17(16)2)15-21(25)24(18(3)22(26)23-4)13-12-19-8-6-5-7-9-19/h5-11,14,18H,12-13,15H2,1-4H3,(H,23,26)/t18-/m0/s1. The largest absolute Gasteiger partial charge is 0.357 e. The van der Waals surface area contributed by atoms with Crippen LogP contribution >= 0.6 is 0 Å². The van der Waals surface area contributed by atoms with Crippen molar-refractivity contribution in [2.75, 3.05) is 13.6 Å². The van der Waals surface area contributed by atoms with Crippen LogP contribution in [0.3, 0.4) is 0 Å². The van der Waals surface area contributed by atoms with Gasteiger partial charge in [-0.25, -0.2) is 0 Å². The monoisotopic (exact) mass is 352 g/mol. The van der Waals surface area contributed by atoms with Crippen molar-refractivity contribution in [2.24, 2.45) is 0 Å². The Hall–Kier alpha value is -2.62. The van der Waals surface area contributed by atoms with E-state index >= 15 is 0 Å². The van der Waals surface area contributed by atoms with Gasteiger partial charge in [0.05, 0.1) is 6.42 Å². The van der Waals surface area contributed by atoms with Crippen molar-refractivity contribution in [1.82, 2.24) is 10.2 Å². The van der Waals surface area contributed by atoms with Gasteiger partial charge in [0.2, 0.25) is 11.8 Å². The highest BCUT2D eigenvalue weighted by atomic mass is 16.2. The Balaban J connectivity index is 2.14. The summed E-state index contributed by atoms with van der Waals surface area (Å²) < 4.78 is 0. The third kappa shape index (κ3) is 5.19. The average molecular weight is 352 g/mol. The van der Waals surface area contributed by atoms with Crippen LogP contribution in [0.15, 0.2) is 48.5 Å². The van der Waals surface area contributed by atoms with Gasteiger partial charge in [-0.2, -0.15) is 0 Å². The predicted molar refractivity (Wildman–Crippen MR) is 105 cm³/mol. The second-order valence-corrected chi connectivity index (χ2v) is 6.71. The summed E-state index contributed by atoms with van der Waals surface area (Å²) in [6, 6.07) is 15.6. The van der Waals surface area contributed by atoms with Crippen molar-refractivity contribution in [3.8, 4) is 0 Å². The van der Waals surface area contributed by atoms with Crippen LogP contribution in [0.4, 0.5) is 0 Å². The molecule has 2 aromatic carbocycles. The number of rotatable bonds is 7. The first-order valence-electron chi connectivity index (χ1n) is 9.03. The topological polar surface area (TPSA) is 49.4 Å². The molecule has 0 unspecified atom stereocenters. The first-order valence-corrected chi connectivity index (χ1v) is 9.03. The Bertz CT molecular complexity index is 756. The maximum atomic E-state index is 12.9. The van der Waals surface area contributed by atoms with E-state index < -0.39 is 6.04 Å². The lowest BCUT2D eigenvalue weighted by molar-refractivity contribution is -0.139. The lowest BCUT2D eigenvalue weighted by Gasteiger charge is -2.28. The van der Waals surface area contributed by atoms with Gasteiger partial charge in [-0.3, -0.25) is 9.59 Å². The summed E-state index contributed by atoms with van der Waals surface area (Å²) in [7, 11) is 1.60. The maximum absolute atomic E-state index is 12.9. The molecule has 0 spiro atoms. The van der Waals surface area contributed by atoms with E-state index in [4.69, 9.17) is 0 Å². The number of nitrogens with zero attached hydrogens (tertiary/aromatic N) is 1. The number of hydrogen-bond acceptors (Lipinski definition) is 2. The van der Waals surface area contributed by atoms with Gasteiger partial charge in [0.25, 0.3) is 0 Å². The minimum atomic E-state index is -0.497. The second kappa shape index (κ2) is 9.18. The van der Waals surface area contributed by atoms with Crippen LogP contribution in [-0.4, -0.2) is 36.3 Å². The van der Waals surface area contributed by atoms with Gasteiger partial charge in [-0.1, -0.05) is 48.5 Å². The zero-order valence-corrected chi connectivity index (χ0v) is 16.1. The Morgan fingerprint density at radius 2 is 1.69 bits per heavy atom. The van der Waals surface area contributed by atoms with Crippen LogP contribution in [-0.2, 0) is 22.4 Å². The highest BCUT2D eigenvalue weighted by molar-refractivity contribution is 5.88.